The van der Waals surface area contributed by atoms with E-state index in [-0.39, 0.29) is 4.90 Å². The Balaban J connectivity index is 1.56. The molecule has 1 aromatic heterocycles. The van der Waals surface area contributed by atoms with E-state index in [0.717, 1.165) is 21.8 Å². The van der Waals surface area contributed by atoms with Gasteiger partial charge in [0.05, 0.1) is 18.1 Å². The summed E-state index contributed by atoms with van der Waals surface area (Å²) in [4.78, 5) is 0.0925. The lowest BCUT2D eigenvalue weighted by atomic mass is 10.1. The van der Waals surface area contributed by atoms with Crippen molar-refractivity contribution in [3.8, 4) is 11.5 Å². The number of hydrogen-bond donors (Lipinski definition) is 1. The molecule has 8 heteroatoms. The van der Waals surface area contributed by atoms with Gasteiger partial charge in [-0.25, -0.2) is 8.42 Å². The van der Waals surface area contributed by atoms with Crippen molar-refractivity contribution in [2.24, 2.45) is 0 Å². The Hall–Kier alpha value is -2.81. The maximum absolute atomic E-state index is 13.4. The van der Waals surface area contributed by atoms with Gasteiger partial charge in [0.2, 0.25) is 10.0 Å². The van der Waals surface area contributed by atoms with Gasteiger partial charge in [-0.1, -0.05) is 52.3 Å². The molecule has 0 saturated carbocycles. The van der Waals surface area contributed by atoms with Crippen molar-refractivity contribution in [1.29, 1.82) is 0 Å². The highest BCUT2D eigenvalue weighted by molar-refractivity contribution is 9.10. The molecule has 0 bridgehead atoms. The normalized spacial score (nSPS) is 14.8. The Bertz CT molecular complexity index is 1350. The van der Waals surface area contributed by atoms with Crippen LogP contribution in [0.5, 0.6) is 11.5 Å². The van der Waals surface area contributed by atoms with Crippen molar-refractivity contribution in [1.82, 2.24) is 4.72 Å². The molecule has 3 aromatic carbocycles. The van der Waals surface area contributed by atoms with E-state index in [1.165, 1.54) is 12.1 Å². The van der Waals surface area contributed by atoms with E-state index >= 15 is 0 Å². The van der Waals surface area contributed by atoms with Crippen molar-refractivity contribution in [2.45, 2.75) is 17.4 Å². The van der Waals surface area contributed by atoms with E-state index in [4.69, 9.17) is 13.9 Å². The van der Waals surface area contributed by atoms with E-state index in [1.807, 2.05) is 54.6 Å². The van der Waals surface area contributed by atoms with E-state index in [1.54, 1.807) is 6.07 Å². The highest BCUT2D eigenvalue weighted by Crippen LogP contribution is 2.35. The third kappa shape index (κ3) is 4.13. The minimum Gasteiger partial charge on any atom is -0.490 e. The zero-order valence-corrected chi connectivity index (χ0v) is 19.4. The Morgan fingerprint density at radius 3 is 2.44 bits per heavy atom. The van der Waals surface area contributed by atoms with Crippen LogP contribution in [0.25, 0.3) is 11.0 Å². The largest absolute Gasteiger partial charge is 0.490 e. The van der Waals surface area contributed by atoms with E-state index in [0.29, 0.717) is 36.1 Å². The van der Waals surface area contributed by atoms with Crippen LogP contribution in [-0.4, -0.2) is 21.6 Å². The number of fused-ring (bicyclic) bond motifs is 2. The van der Waals surface area contributed by atoms with Crippen LogP contribution >= 0.6 is 15.9 Å². The standard InChI is InChI=1S/C24H20BrNO5S/c25-19-8-3-2-7-18(19)24(23-14-16-6-1-4-9-20(16)31-23)26-32(27,28)17-10-11-21-22(15-17)30-13-5-12-29-21/h1-4,6-11,14-15,24,26H,5,12-13H2. The number of halogens is 1. The molecular weight excluding hydrogens is 494 g/mol. The molecule has 164 valence electrons. The zero-order valence-electron chi connectivity index (χ0n) is 17.0. The minimum absolute atomic E-state index is 0.0925. The van der Waals surface area contributed by atoms with Gasteiger partial charge in [0.15, 0.2) is 11.5 Å². The van der Waals surface area contributed by atoms with E-state index in [2.05, 4.69) is 20.7 Å². The minimum atomic E-state index is -3.92. The number of rotatable bonds is 5. The highest BCUT2D eigenvalue weighted by atomic mass is 79.9. The van der Waals surface area contributed by atoms with Crippen LogP contribution in [0, 0.1) is 0 Å². The molecule has 1 unspecified atom stereocenters. The summed E-state index contributed by atoms with van der Waals surface area (Å²) in [5.41, 5.74) is 1.43. The lowest BCUT2D eigenvalue weighted by molar-refractivity contribution is 0.297. The number of ether oxygens (including phenoxy) is 2. The SMILES string of the molecule is O=S(=O)(NC(c1cc2ccccc2o1)c1ccccc1Br)c1ccc2c(c1)OCCCO2. The second kappa shape index (κ2) is 8.61. The number of benzene rings is 3. The van der Waals surface area contributed by atoms with Crippen LogP contribution in [0.2, 0.25) is 0 Å². The summed E-state index contributed by atoms with van der Waals surface area (Å²) in [6, 6.07) is 20.8. The molecule has 0 radical (unpaired) electrons. The first-order chi connectivity index (χ1) is 15.5. The number of nitrogens with one attached hydrogen (secondary N) is 1. The lowest BCUT2D eigenvalue weighted by Gasteiger charge is -2.19. The van der Waals surface area contributed by atoms with Gasteiger partial charge in [-0.05, 0) is 35.9 Å². The first-order valence-corrected chi connectivity index (χ1v) is 12.4. The molecular formula is C24H20BrNO5S. The predicted octanol–water partition coefficient (Wildman–Crippen LogP) is 5.42. The Morgan fingerprint density at radius 2 is 1.62 bits per heavy atom. The van der Waals surface area contributed by atoms with Crippen molar-refractivity contribution in [2.75, 3.05) is 13.2 Å². The summed E-state index contributed by atoms with van der Waals surface area (Å²) < 4.78 is 47.8. The topological polar surface area (TPSA) is 77.8 Å². The summed E-state index contributed by atoms with van der Waals surface area (Å²) in [7, 11) is -3.92. The summed E-state index contributed by atoms with van der Waals surface area (Å²) in [6.07, 6.45) is 0.741. The van der Waals surface area contributed by atoms with Gasteiger partial charge in [0.1, 0.15) is 17.4 Å². The number of para-hydroxylation sites is 1. The maximum Gasteiger partial charge on any atom is 0.241 e. The molecule has 5 rings (SSSR count). The first kappa shape index (κ1) is 21.1. The Labute approximate surface area is 194 Å². The molecule has 1 aliphatic rings. The zero-order chi connectivity index (χ0) is 22.1. The molecule has 0 saturated heterocycles. The van der Waals surface area contributed by atoms with Crippen molar-refractivity contribution >= 4 is 36.9 Å². The quantitative estimate of drug-likeness (QED) is 0.385. The van der Waals surface area contributed by atoms with Gasteiger partial charge >= 0.3 is 0 Å². The summed E-state index contributed by atoms with van der Waals surface area (Å²) in [5, 5.41) is 0.898. The van der Waals surface area contributed by atoms with Crippen molar-refractivity contribution in [3.63, 3.8) is 0 Å². The van der Waals surface area contributed by atoms with Gasteiger partial charge in [-0.2, -0.15) is 4.72 Å². The van der Waals surface area contributed by atoms with Gasteiger partial charge < -0.3 is 13.9 Å². The lowest BCUT2D eigenvalue weighted by Crippen LogP contribution is -2.29. The molecule has 1 aliphatic heterocycles. The molecule has 0 fully saturated rings. The van der Waals surface area contributed by atoms with Crippen molar-refractivity contribution in [3.05, 3.63) is 88.6 Å². The summed E-state index contributed by atoms with van der Waals surface area (Å²) in [6.45, 7) is 1.01. The fourth-order valence-corrected chi connectivity index (χ4v) is 5.38. The smallest absolute Gasteiger partial charge is 0.241 e. The summed E-state index contributed by atoms with van der Waals surface area (Å²) in [5.74, 6) is 1.46. The van der Waals surface area contributed by atoms with Crippen LogP contribution < -0.4 is 14.2 Å². The average Bonchev–Trinajstić information content (AvgIpc) is 3.08. The van der Waals surface area contributed by atoms with Crippen LogP contribution in [0.1, 0.15) is 23.8 Å². The van der Waals surface area contributed by atoms with E-state index in [9.17, 15) is 8.42 Å². The summed E-state index contributed by atoms with van der Waals surface area (Å²) >= 11 is 3.55. The second-order valence-electron chi connectivity index (χ2n) is 7.42. The van der Waals surface area contributed by atoms with E-state index < -0.39 is 16.1 Å². The van der Waals surface area contributed by atoms with Crippen LogP contribution in [0.3, 0.4) is 0 Å². The third-order valence-electron chi connectivity index (χ3n) is 5.25. The van der Waals surface area contributed by atoms with Crippen LogP contribution in [0.4, 0.5) is 0 Å². The maximum atomic E-state index is 13.4. The third-order valence-corrected chi connectivity index (χ3v) is 7.39. The van der Waals surface area contributed by atoms with Gasteiger partial charge in [-0.3, -0.25) is 0 Å². The highest BCUT2D eigenvalue weighted by Gasteiger charge is 2.28. The average molecular weight is 514 g/mol. The first-order valence-electron chi connectivity index (χ1n) is 10.2. The molecule has 0 amide bonds. The number of sulfonamides is 1. The van der Waals surface area contributed by atoms with Gasteiger partial charge in [-0.15, -0.1) is 0 Å². The van der Waals surface area contributed by atoms with Crippen molar-refractivity contribution < 1.29 is 22.3 Å². The Kier molecular flexibility index (Phi) is 5.67. The van der Waals surface area contributed by atoms with Gasteiger partial charge in [0, 0.05) is 22.3 Å². The molecule has 2 heterocycles. The fraction of sp³-hybridized carbons (Fsp3) is 0.167. The van der Waals surface area contributed by atoms with Crippen LogP contribution in [0.15, 0.2) is 86.6 Å². The molecule has 0 aliphatic carbocycles. The monoisotopic (exact) mass is 513 g/mol. The Morgan fingerprint density at radius 1 is 0.875 bits per heavy atom. The van der Waals surface area contributed by atoms with Gasteiger partial charge in [0.25, 0.3) is 0 Å². The molecule has 6 nitrogen and oxygen atoms in total. The second-order valence-corrected chi connectivity index (χ2v) is 9.99. The molecule has 4 aromatic rings. The molecule has 1 atom stereocenters. The van der Waals surface area contributed by atoms with Crippen LogP contribution in [-0.2, 0) is 10.0 Å². The number of furan rings is 1. The molecule has 0 spiro atoms. The molecule has 1 N–H and O–H groups in total. The molecule has 32 heavy (non-hydrogen) atoms. The number of hydrogen-bond acceptors (Lipinski definition) is 5. The fourth-order valence-electron chi connectivity index (χ4n) is 3.66. The predicted molar refractivity (Wildman–Crippen MR) is 125 cm³/mol.